The highest BCUT2D eigenvalue weighted by molar-refractivity contribution is 5.93. The Kier molecular flexibility index (Phi) is 5.35. The van der Waals surface area contributed by atoms with E-state index in [1.165, 1.54) is 11.1 Å². The van der Waals surface area contributed by atoms with E-state index >= 15 is 0 Å². The van der Waals surface area contributed by atoms with Gasteiger partial charge >= 0.3 is 0 Å². The quantitative estimate of drug-likeness (QED) is 0.852. The molecule has 1 aliphatic carbocycles. The van der Waals surface area contributed by atoms with Crippen molar-refractivity contribution in [1.82, 2.24) is 5.32 Å². The lowest BCUT2D eigenvalue weighted by Crippen LogP contribution is -2.46. The summed E-state index contributed by atoms with van der Waals surface area (Å²) in [5.74, 6) is 0.633. The van der Waals surface area contributed by atoms with E-state index in [-0.39, 0.29) is 17.7 Å². The average Bonchev–Trinajstić information content (AvgIpc) is 2.71. The molecule has 2 aromatic carbocycles. The summed E-state index contributed by atoms with van der Waals surface area (Å²) in [4.78, 5) is 14.9. The van der Waals surface area contributed by atoms with Gasteiger partial charge in [0, 0.05) is 6.54 Å². The third-order valence-corrected chi connectivity index (χ3v) is 5.54. The topological polar surface area (TPSA) is 61.8 Å². The number of aliphatic hydroxyl groups is 1. The molecule has 2 aromatic rings. The number of hydrogen-bond acceptors (Lipinski definition) is 4. The Morgan fingerprint density at radius 1 is 1.14 bits per heavy atom. The van der Waals surface area contributed by atoms with Crippen molar-refractivity contribution >= 4 is 11.6 Å². The number of benzene rings is 2. The number of amides is 1. The van der Waals surface area contributed by atoms with Crippen molar-refractivity contribution in [2.45, 2.75) is 51.3 Å². The molecule has 146 valence electrons. The second kappa shape index (κ2) is 8.07. The lowest BCUT2D eigenvalue weighted by atomic mass is 9.92. The Bertz CT molecular complexity index is 893. The molecule has 4 rings (SSSR count). The second-order valence-electron chi connectivity index (χ2n) is 7.55. The van der Waals surface area contributed by atoms with Crippen LogP contribution in [0.3, 0.4) is 0 Å². The van der Waals surface area contributed by atoms with Gasteiger partial charge < -0.3 is 20.1 Å². The van der Waals surface area contributed by atoms with Gasteiger partial charge in [0.15, 0.2) is 5.75 Å². The van der Waals surface area contributed by atoms with E-state index in [0.29, 0.717) is 12.3 Å². The maximum absolute atomic E-state index is 12.8. The Balaban J connectivity index is 1.58. The van der Waals surface area contributed by atoms with Gasteiger partial charge in [0.1, 0.15) is 0 Å². The largest absolute Gasteiger partial charge is 0.448 e. The smallest absolute Gasteiger partial charge is 0.288 e. The number of carbonyl (C=O) groups excluding carboxylic acids is 1. The van der Waals surface area contributed by atoms with E-state index in [4.69, 9.17) is 4.74 Å². The molecule has 0 radical (unpaired) electrons. The Morgan fingerprint density at radius 3 is 2.71 bits per heavy atom. The molecule has 5 heteroatoms. The van der Waals surface area contributed by atoms with Crippen molar-refractivity contribution in [3.63, 3.8) is 0 Å². The van der Waals surface area contributed by atoms with Crippen LogP contribution in [0.25, 0.3) is 0 Å². The van der Waals surface area contributed by atoms with Crippen LogP contribution in [0.5, 0.6) is 5.75 Å². The molecule has 0 bridgehead atoms. The van der Waals surface area contributed by atoms with Crippen molar-refractivity contribution in [1.29, 1.82) is 0 Å². The molecule has 0 saturated heterocycles. The molecule has 28 heavy (non-hydrogen) atoms. The maximum atomic E-state index is 12.8. The van der Waals surface area contributed by atoms with Gasteiger partial charge in [-0.3, -0.25) is 4.79 Å². The number of aryl methyl sites for hydroxylation is 1. The van der Waals surface area contributed by atoms with E-state index in [2.05, 4.69) is 24.4 Å². The summed E-state index contributed by atoms with van der Waals surface area (Å²) in [6, 6.07) is 15.7. The predicted molar refractivity (Wildman–Crippen MR) is 109 cm³/mol. The highest BCUT2D eigenvalue weighted by atomic mass is 16.5. The van der Waals surface area contributed by atoms with Crippen LogP contribution in [-0.4, -0.2) is 23.2 Å². The predicted octanol–water partition coefficient (Wildman–Crippen LogP) is 3.66. The molecule has 2 atom stereocenters. The zero-order valence-corrected chi connectivity index (χ0v) is 16.1. The summed E-state index contributed by atoms with van der Waals surface area (Å²) in [5.41, 5.74) is 3.33. The van der Waals surface area contributed by atoms with Gasteiger partial charge in [-0.2, -0.15) is 0 Å². The second-order valence-corrected chi connectivity index (χ2v) is 7.55. The molecule has 5 nitrogen and oxygen atoms in total. The minimum Gasteiger partial charge on any atom is -0.448 e. The number of nitrogens with zero attached hydrogens (tertiary/aromatic N) is 1. The van der Waals surface area contributed by atoms with Crippen LogP contribution in [0.15, 0.2) is 60.5 Å². The van der Waals surface area contributed by atoms with E-state index in [0.717, 1.165) is 31.4 Å². The summed E-state index contributed by atoms with van der Waals surface area (Å²) in [5, 5.41) is 13.1. The van der Waals surface area contributed by atoms with Crippen LogP contribution >= 0.6 is 0 Å². The van der Waals surface area contributed by atoms with Crippen LogP contribution in [-0.2, 0) is 11.3 Å². The molecule has 2 N–H and O–H groups in total. The number of rotatable bonds is 4. The molecule has 0 unspecified atom stereocenters. The molecule has 1 heterocycles. The summed E-state index contributed by atoms with van der Waals surface area (Å²) >= 11 is 0. The first-order valence-corrected chi connectivity index (χ1v) is 9.90. The molecule has 2 aliphatic rings. The van der Waals surface area contributed by atoms with Crippen molar-refractivity contribution in [2.24, 2.45) is 0 Å². The molecule has 1 fully saturated rings. The van der Waals surface area contributed by atoms with Crippen LogP contribution in [0, 0.1) is 6.92 Å². The third-order valence-electron chi connectivity index (χ3n) is 5.54. The maximum Gasteiger partial charge on any atom is 0.288 e. The van der Waals surface area contributed by atoms with Crippen LogP contribution < -0.4 is 15.0 Å². The molecular formula is C23H26N2O3. The third kappa shape index (κ3) is 3.90. The normalized spacial score (nSPS) is 21.4. The standard InChI is InChI=1S/C23H26N2O3/c1-16-8-2-3-9-17(16)14-25-15-22(28-21-13-7-5-11-19(21)25)23(27)24-18-10-4-6-12-20(18)26/h2-3,5,7-9,11,13,15,18,20,26H,4,6,10,12,14H2,1H3,(H,24,27)/t18-,20-/m0/s1. The number of aliphatic hydroxyl groups excluding tert-OH is 1. The van der Waals surface area contributed by atoms with E-state index in [1.807, 2.05) is 41.3 Å². The first-order valence-electron chi connectivity index (χ1n) is 9.90. The van der Waals surface area contributed by atoms with Crippen molar-refractivity contribution in [3.8, 4) is 5.75 Å². The fourth-order valence-electron chi connectivity index (χ4n) is 3.86. The zero-order valence-electron chi connectivity index (χ0n) is 16.1. The van der Waals surface area contributed by atoms with Gasteiger partial charge in [0.25, 0.3) is 5.91 Å². The first-order chi connectivity index (χ1) is 13.6. The van der Waals surface area contributed by atoms with Crippen LogP contribution in [0.1, 0.15) is 36.8 Å². The molecule has 1 saturated carbocycles. The summed E-state index contributed by atoms with van der Waals surface area (Å²) in [6.45, 7) is 2.74. The van der Waals surface area contributed by atoms with Gasteiger partial charge in [-0.15, -0.1) is 0 Å². The number of anilines is 1. The highest BCUT2D eigenvalue weighted by Crippen LogP contribution is 2.35. The number of hydrogen-bond donors (Lipinski definition) is 2. The number of nitrogens with one attached hydrogen (secondary N) is 1. The monoisotopic (exact) mass is 378 g/mol. The Labute approximate surface area is 165 Å². The highest BCUT2D eigenvalue weighted by Gasteiger charge is 2.29. The lowest BCUT2D eigenvalue weighted by Gasteiger charge is -2.31. The van der Waals surface area contributed by atoms with Crippen LogP contribution in [0.2, 0.25) is 0 Å². The Hall–Kier alpha value is -2.79. The lowest BCUT2D eigenvalue weighted by molar-refractivity contribution is -0.121. The Morgan fingerprint density at radius 2 is 1.89 bits per heavy atom. The van der Waals surface area contributed by atoms with Gasteiger partial charge in [0.05, 0.1) is 24.0 Å². The fraction of sp³-hybridized carbons (Fsp3) is 0.348. The SMILES string of the molecule is Cc1ccccc1CN1C=C(C(=O)N[C@H]2CCCC[C@@H]2O)Oc2ccccc21. The number of fused-ring (bicyclic) bond motifs is 1. The number of ether oxygens (including phenoxy) is 1. The van der Waals surface area contributed by atoms with Gasteiger partial charge in [-0.25, -0.2) is 0 Å². The first kappa shape index (κ1) is 18.6. The zero-order chi connectivity index (χ0) is 19.5. The van der Waals surface area contributed by atoms with Crippen molar-refractivity contribution in [3.05, 3.63) is 71.6 Å². The molecular weight excluding hydrogens is 352 g/mol. The molecule has 0 spiro atoms. The summed E-state index contributed by atoms with van der Waals surface area (Å²) < 4.78 is 5.89. The average molecular weight is 378 g/mol. The summed E-state index contributed by atoms with van der Waals surface area (Å²) in [7, 11) is 0. The van der Waals surface area contributed by atoms with E-state index in [9.17, 15) is 9.90 Å². The van der Waals surface area contributed by atoms with Crippen molar-refractivity contribution in [2.75, 3.05) is 4.90 Å². The van der Waals surface area contributed by atoms with Gasteiger partial charge in [-0.1, -0.05) is 49.2 Å². The minimum atomic E-state index is -0.489. The van der Waals surface area contributed by atoms with Gasteiger partial charge in [0.2, 0.25) is 5.76 Å². The van der Waals surface area contributed by atoms with Crippen LogP contribution in [0.4, 0.5) is 5.69 Å². The fourth-order valence-corrected chi connectivity index (χ4v) is 3.86. The van der Waals surface area contributed by atoms with E-state index < -0.39 is 6.10 Å². The number of para-hydroxylation sites is 2. The minimum absolute atomic E-state index is 0.215. The molecule has 1 aliphatic heterocycles. The number of carbonyl (C=O) groups is 1. The van der Waals surface area contributed by atoms with Gasteiger partial charge in [-0.05, 0) is 43.0 Å². The molecule has 1 amide bonds. The van der Waals surface area contributed by atoms with E-state index in [1.54, 1.807) is 6.20 Å². The molecule has 0 aromatic heterocycles. The van der Waals surface area contributed by atoms with Crippen molar-refractivity contribution < 1.29 is 14.6 Å². The summed E-state index contributed by atoms with van der Waals surface area (Å²) in [6.07, 6.45) is 4.82.